The number of amides is 2. The number of carboxylic acid groups (broad SMARTS) is 2. The number of benzene rings is 2. The molecule has 236 valence electrons. The van der Waals surface area contributed by atoms with Crippen molar-refractivity contribution in [2.75, 3.05) is 11.9 Å². The number of nitrogens with zero attached hydrogens (tertiary/aromatic N) is 1. The van der Waals surface area contributed by atoms with Crippen molar-refractivity contribution in [1.29, 1.82) is 0 Å². The van der Waals surface area contributed by atoms with Crippen molar-refractivity contribution in [3.63, 3.8) is 0 Å². The third-order valence-electron chi connectivity index (χ3n) is 6.18. The van der Waals surface area contributed by atoms with Crippen LogP contribution in [-0.2, 0) is 19.2 Å². The molecule has 13 heteroatoms. The van der Waals surface area contributed by atoms with Gasteiger partial charge in [-0.3, -0.25) is 14.4 Å². The Morgan fingerprint density at radius 3 is 1.95 bits per heavy atom. The number of anilines is 1. The highest BCUT2D eigenvalue weighted by molar-refractivity contribution is 5.88. The molecule has 0 radical (unpaired) electrons. The predicted octanol–water partition coefficient (Wildman–Crippen LogP) is 5.05. The number of alkyl halides is 3. The third kappa shape index (κ3) is 12.5. The van der Waals surface area contributed by atoms with E-state index in [1.807, 2.05) is 86.6 Å². The molecule has 0 aliphatic heterocycles. The van der Waals surface area contributed by atoms with Gasteiger partial charge in [-0.2, -0.15) is 13.2 Å². The Kier molecular flexibility index (Phi) is 13.8. The Hall–Kier alpha value is -4.94. The molecule has 1 aromatic heterocycles. The summed E-state index contributed by atoms with van der Waals surface area (Å²) in [6.07, 6.45) is -2.84. The quantitative estimate of drug-likeness (QED) is 0.167. The van der Waals surface area contributed by atoms with Crippen LogP contribution in [0.2, 0.25) is 0 Å². The fourth-order valence-electron chi connectivity index (χ4n) is 3.94. The second-order valence-corrected chi connectivity index (χ2v) is 9.98. The molecule has 0 saturated heterocycles. The van der Waals surface area contributed by atoms with Crippen molar-refractivity contribution in [3.8, 4) is 11.1 Å². The Balaban J connectivity index is 0.000000860. The highest BCUT2D eigenvalue weighted by atomic mass is 19.4. The van der Waals surface area contributed by atoms with Crippen LogP contribution >= 0.6 is 0 Å². The molecule has 2 amide bonds. The van der Waals surface area contributed by atoms with Crippen LogP contribution in [-0.4, -0.2) is 57.7 Å². The standard InChI is InChI=1S/C29H34N4O4.C2HF3O2/c1-20(2)28(33-26(34)12-8-18-31-25-11-6-7-17-30-25)29(37)32-24(19-27(35)36)23-15-13-22(14-16-23)21-9-4-3-5-10-21;3-2(4,5)1(6)7/h3-7,9-11,13-17,20,24,28H,8,12,18-19H2,1-2H3,(H,30,31)(H,32,37)(H,33,34)(H,35,36);(H,6,7)/t24?,28-;/m0./s1. The minimum Gasteiger partial charge on any atom is -0.481 e. The van der Waals surface area contributed by atoms with Gasteiger partial charge in [0.1, 0.15) is 11.9 Å². The number of carbonyl (C=O) groups excluding carboxylic acids is 2. The van der Waals surface area contributed by atoms with Gasteiger partial charge >= 0.3 is 18.1 Å². The van der Waals surface area contributed by atoms with Crippen LogP contribution in [0.3, 0.4) is 0 Å². The van der Waals surface area contributed by atoms with Gasteiger partial charge in [-0.25, -0.2) is 9.78 Å². The summed E-state index contributed by atoms with van der Waals surface area (Å²) in [4.78, 5) is 50.3. The maximum absolute atomic E-state index is 13.1. The first-order chi connectivity index (χ1) is 20.8. The highest BCUT2D eigenvalue weighted by Gasteiger charge is 2.38. The van der Waals surface area contributed by atoms with E-state index in [0.29, 0.717) is 18.5 Å². The Bertz CT molecular complexity index is 1350. The van der Waals surface area contributed by atoms with E-state index < -0.39 is 36.1 Å². The normalized spacial score (nSPS) is 12.2. The number of aromatic nitrogens is 1. The fourth-order valence-corrected chi connectivity index (χ4v) is 3.94. The molecule has 2 atom stereocenters. The summed E-state index contributed by atoms with van der Waals surface area (Å²) in [6.45, 7) is 4.25. The molecule has 0 fully saturated rings. The van der Waals surface area contributed by atoms with E-state index in [1.165, 1.54) is 0 Å². The van der Waals surface area contributed by atoms with E-state index in [4.69, 9.17) is 9.90 Å². The largest absolute Gasteiger partial charge is 0.490 e. The van der Waals surface area contributed by atoms with Crippen molar-refractivity contribution >= 4 is 29.6 Å². The SMILES string of the molecule is CC(C)[C@H](NC(=O)CCCNc1ccccn1)C(=O)NC(CC(=O)O)c1ccc(-c2ccccc2)cc1.O=C(O)C(F)(F)F. The van der Waals surface area contributed by atoms with E-state index >= 15 is 0 Å². The molecule has 0 aliphatic carbocycles. The summed E-state index contributed by atoms with van der Waals surface area (Å²) in [5.41, 5.74) is 2.73. The van der Waals surface area contributed by atoms with E-state index in [2.05, 4.69) is 20.9 Å². The molecule has 1 heterocycles. The second kappa shape index (κ2) is 17.2. The van der Waals surface area contributed by atoms with Gasteiger partial charge in [0, 0.05) is 19.2 Å². The van der Waals surface area contributed by atoms with Gasteiger partial charge < -0.3 is 26.2 Å². The number of halogens is 3. The van der Waals surface area contributed by atoms with Crippen LogP contribution in [0.5, 0.6) is 0 Å². The minimum absolute atomic E-state index is 0.179. The zero-order valence-electron chi connectivity index (χ0n) is 24.2. The number of pyridine rings is 1. The molecule has 2 aromatic carbocycles. The van der Waals surface area contributed by atoms with Gasteiger partial charge in [-0.1, -0.05) is 74.5 Å². The zero-order chi connectivity index (χ0) is 32.7. The maximum Gasteiger partial charge on any atom is 0.490 e. The summed E-state index contributed by atoms with van der Waals surface area (Å²) in [5.74, 6) is -3.87. The molecule has 10 nitrogen and oxygen atoms in total. The molecule has 3 rings (SSSR count). The first-order valence-corrected chi connectivity index (χ1v) is 13.7. The Labute approximate surface area is 252 Å². The van der Waals surface area contributed by atoms with Gasteiger partial charge in [0.15, 0.2) is 0 Å². The van der Waals surface area contributed by atoms with Gasteiger partial charge in [-0.05, 0) is 41.2 Å². The summed E-state index contributed by atoms with van der Waals surface area (Å²) in [6, 6.07) is 21.4. The van der Waals surface area contributed by atoms with Crippen LogP contribution in [0.4, 0.5) is 19.0 Å². The van der Waals surface area contributed by atoms with E-state index in [1.54, 1.807) is 6.20 Å². The van der Waals surface area contributed by atoms with E-state index in [-0.39, 0.29) is 24.7 Å². The van der Waals surface area contributed by atoms with Crippen molar-refractivity contribution in [2.24, 2.45) is 5.92 Å². The van der Waals surface area contributed by atoms with Gasteiger partial charge in [0.2, 0.25) is 11.8 Å². The highest BCUT2D eigenvalue weighted by Crippen LogP contribution is 2.24. The smallest absolute Gasteiger partial charge is 0.481 e. The molecule has 0 spiro atoms. The zero-order valence-corrected chi connectivity index (χ0v) is 24.2. The Morgan fingerprint density at radius 1 is 0.841 bits per heavy atom. The number of rotatable bonds is 13. The number of carbonyl (C=O) groups is 4. The number of hydrogen-bond donors (Lipinski definition) is 5. The lowest BCUT2D eigenvalue weighted by molar-refractivity contribution is -0.192. The lowest BCUT2D eigenvalue weighted by Crippen LogP contribution is -2.50. The fraction of sp³-hybridized carbons (Fsp3) is 0.323. The van der Waals surface area contributed by atoms with Gasteiger partial charge in [-0.15, -0.1) is 0 Å². The molecular formula is C31H35F3N4O6. The van der Waals surface area contributed by atoms with Crippen LogP contribution in [0.25, 0.3) is 11.1 Å². The average molecular weight is 617 g/mol. The minimum atomic E-state index is -5.08. The van der Waals surface area contributed by atoms with Crippen molar-refractivity contribution in [1.82, 2.24) is 15.6 Å². The van der Waals surface area contributed by atoms with Crippen molar-refractivity contribution in [2.45, 2.75) is 51.4 Å². The predicted molar refractivity (Wildman–Crippen MR) is 157 cm³/mol. The molecule has 0 saturated carbocycles. The number of carboxylic acids is 2. The number of nitrogens with one attached hydrogen (secondary N) is 3. The topological polar surface area (TPSA) is 158 Å². The van der Waals surface area contributed by atoms with E-state index in [0.717, 1.165) is 16.9 Å². The summed E-state index contributed by atoms with van der Waals surface area (Å²) < 4.78 is 31.7. The van der Waals surface area contributed by atoms with Crippen molar-refractivity contribution in [3.05, 3.63) is 84.6 Å². The summed E-state index contributed by atoms with van der Waals surface area (Å²) in [5, 5.41) is 25.4. The molecular weight excluding hydrogens is 581 g/mol. The first-order valence-electron chi connectivity index (χ1n) is 13.7. The third-order valence-corrected chi connectivity index (χ3v) is 6.18. The average Bonchev–Trinajstić information content (AvgIpc) is 2.98. The molecule has 5 N–H and O–H groups in total. The molecule has 0 aliphatic rings. The van der Waals surface area contributed by atoms with Gasteiger partial charge in [0.25, 0.3) is 0 Å². The van der Waals surface area contributed by atoms with Crippen LogP contribution in [0.15, 0.2) is 79.0 Å². The van der Waals surface area contributed by atoms with Gasteiger partial charge in [0.05, 0.1) is 12.5 Å². The van der Waals surface area contributed by atoms with Crippen LogP contribution in [0.1, 0.15) is 44.7 Å². The van der Waals surface area contributed by atoms with Crippen molar-refractivity contribution < 1.29 is 42.6 Å². The molecule has 1 unspecified atom stereocenters. The summed E-state index contributed by atoms with van der Waals surface area (Å²) >= 11 is 0. The Morgan fingerprint density at radius 2 is 1.43 bits per heavy atom. The monoisotopic (exact) mass is 616 g/mol. The lowest BCUT2D eigenvalue weighted by Gasteiger charge is -2.25. The second-order valence-electron chi connectivity index (χ2n) is 9.98. The summed E-state index contributed by atoms with van der Waals surface area (Å²) in [7, 11) is 0. The van der Waals surface area contributed by atoms with E-state index in [9.17, 15) is 32.7 Å². The number of hydrogen-bond acceptors (Lipinski definition) is 6. The van der Waals surface area contributed by atoms with Crippen LogP contribution in [0, 0.1) is 5.92 Å². The maximum atomic E-state index is 13.1. The molecule has 0 bridgehead atoms. The first kappa shape index (κ1) is 35.3. The lowest BCUT2D eigenvalue weighted by atomic mass is 9.97. The number of aliphatic carboxylic acids is 2. The van der Waals surface area contributed by atoms with Crippen LogP contribution < -0.4 is 16.0 Å². The molecule has 44 heavy (non-hydrogen) atoms. The molecule has 3 aromatic rings.